The summed E-state index contributed by atoms with van der Waals surface area (Å²) in [6.07, 6.45) is 4.34. The summed E-state index contributed by atoms with van der Waals surface area (Å²) >= 11 is 0. The summed E-state index contributed by atoms with van der Waals surface area (Å²) in [5, 5.41) is 11.2. The third kappa shape index (κ3) is 3.84. The Labute approximate surface area is 136 Å². The molecule has 2 N–H and O–H groups in total. The maximum Gasteiger partial charge on any atom is 0.160 e. The first-order valence-corrected chi connectivity index (χ1v) is 7.86. The molecule has 23 heavy (non-hydrogen) atoms. The van der Waals surface area contributed by atoms with E-state index in [4.69, 9.17) is 0 Å². The molecule has 0 saturated carbocycles. The molecular weight excluding hydrogens is 288 g/mol. The minimum absolute atomic E-state index is 0.476. The zero-order chi connectivity index (χ0) is 16.1. The number of nitrogens with zero attached hydrogens (tertiary/aromatic N) is 4. The van der Waals surface area contributed by atoms with Crippen molar-refractivity contribution in [2.24, 2.45) is 0 Å². The van der Waals surface area contributed by atoms with Crippen molar-refractivity contribution >= 4 is 16.9 Å². The molecule has 0 radical (unpaired) electrons. The molecular formula is C17H22N6. The van der Waals surface area contributed by atoms with Gasteiger partial charge in [0.2, 0.25) is 0 Å². The molecule has 6 heteroatoms. The molecule has 2 aromatic heterocycles. The van der Waals surface area contributed by atoms with Crippen molar-refractivity contribution in [3.8, 4) is 0 Å². The number of fused-ring (bicyclic) bond motifs is 1. The van der Waals surface area contributed by atoms with Gasteiger partial charge < -0.3 is 5.32 Å². The highest BCUT2D eigenvalue weighted by Gasteiger charge is 2.10. The van der Waals surface area contributed by atoms with Gasteiger partial charge in [0, 0.05) is 19.1 Å². The van der Waals surface area contributed by atoms with Gasteiger partial charge in [0.25, 0.3) is 0 Å². The normalized spacial score (nSPS) is 12.7. The maximum atomic E-state index is 4.29. The largest absolute Gasteiger partial charge is 0.369 e. The Morgan fingerprint density at radius 3 is 2.87 bits per heavy atom. The molecule has 0 saturated heterocycles. The Kier molecular flexibility index (Phi) is 4.83. The van der Waals surface area contributed by atoms with Crippen molar-refractivity contribution in [1.29, 1.82) is 0 Å². The van der Waals surface area contributed by atoms with Crippen LogP contribution in [0.15, 0.2) is 42.9 Å². The number of anilines is 1. The number of aromatic amines is 1. The van der Waals surface area contributed by atoms with E-state index in [2.05, 4.69) is 74.7 Å². The Balaban J connectivity index is 1.51. The predicted molar refractivity (Wildman–Crippen MR) is 92.2 cm³/mol. The molecule has 1 unspecified atom stereocenters. The molecule has 3 aromatic rings. The molecule has 1 aromatic carbocycles. The fraction of sp³-hybridized carbons (Fsp3) is 0.353. The van der Waals surface area contributed by atoms with Gasteiger partial charge in [-0.25, -0.2) is 9.97 Å². The molecule has 2 heterocycles. The summed E-state index contributed by atoms with van der Waals surface area (Å²) in [7, 11) is 2.16. The Morgan fingerprint density at radius 2 is 2.04 bits per heavy atom. The number of rotatable bonds is 7. The quantitative estimate of drug-likeness (QED) is 0.702. The van der Waals surface area contributed by atoms with E-state index < -0.39 is 0 Å². The number of hydrogen-bond donors (Lipinski definition) is 2. The van der Waals surface area contributed by atoms with Crippen LogP contribution in [0.5, 0.6) is 0 Å². The number of hydrogen-bond acceptors (Lipinski definition) is 5. The lowest BCUT2D eigenvalue weighted by Crippen LogP contribution is -2.30. The second kappa shape index (κ2) is 7.19. The number of nitrogens with one attached hydrogen (secondary N) is 2. The summed E-state index contributed by atoms with van der Waals surface area (Å²) in [4.78, 5) is 10.8. The van der Waals surface area contributed by atoms with Crippen LogP contribution >= 0.6 is 0 Å². The zero-order valence-electron chi connectivity index (χ0n) is 13.5. The van der Waals surface area contributed by atoms with Crippen molar-refractivity contribution in [2.75, 3.05) is 18.9 Å². The topological polar surface area (TPSA) is 69.7 Å². The van der Waals surface area contributed by atoms with Crippen LogP contribution < -0.4 is 5.32 Å². The minimum Gasteiger partial charge on any atom is -0.369 e. The highest BCUT2D eigenvalue weighted by molar-refractivity contribution is 5.85. The fourth-order valence-electron chi connectivity index (χ4n) is 2.55. The van der Waals surface area contributed by atoms with Crippen LogP contribution in [0, 0.1) is 0 Å². The first-order valence-electron chi connectivity index (χ1n) is 7.86. The van der Waals surface area contributed by atoms with Gasteiger partial charge in [0.05, 0.1) is 11.6 Å². The summed E-state index contributed by atoms with van der Waals surface area (Å²) in [5.74, 6) is 0.835. The second-order valence-corrected chi connectivity index (χ2v) is 5.82. The lowest BCUT2D eigenvalue weighted by molar-refractivity contribution is 0.242. The maximum absolute atomic E-state index is 4.29. The molecule has 3 rings (SSSR count). The number of H-pyrrole nitrogens is 1. The number of benzene rings is 1. The van der Waals surface area contributed by atoms with Crippen LogP contribution in [0.4, 0.5) is 5.82 Å². The van der Waals surface area contributed by atoms with Crippen LogP contribution in [0.2, 0.25) is 0 Å². The molecule has 0 aliphatic heterocycles. The van der Waals surface area contributed by atoms with Gasteiger partial charge in [-0.05, 0) is 26.0 Å². The van der Waals surface area contributed by atoms with E-state index in [0.717, 1.165) is 36.4 Å². The SMILES string of the molecule is CC(CCNc1ncnc2[nH]ncc12)N(C)Cc1ccccc1. The Morgan fingerprint density at radius 1 is 1.22 bits per heavy atom. The molecule has 0 amide bonds. The second-order valence-electron chi connectivity index (χ2n) is 5.82. The van der Waals surface area contributed by atoms with Crippen LogP contribution in [-0.2, 0) is 6.54 Å². The van der Waals surface area contributed by atoms with E-state index >= 15 is 0 Å². The van der Waals surface area contributed by atoms with Gasteiger partial charge in [-0.15, -0.1) is 0 Å². The van der Waals surface area contributed by atoms with E-state index in [0.29, 0.717) is 6.04 Å². The van der Waals surface area contributed by atoms with E-state index in [1.165, 1.54) is 5.56 Å². The van der Waals surface area contributed by atoms with Crippen LogP contribution in [0.1, 0.15) is 18.9 Å². The highest BCUT2D eigenvalue weighted by Crippen LogP contribution is 2.16. The van der Waals surface area contributed by atoms with Crippen molar-refractivity contribution in [3.05, 3.63) is 48.4 Å². The molecule has 0 bridgehead atoms. The summed E-state index contributed by atoms with van der Waals surface area (Å²) < 4.78 is 0. The van der Waals surface area contributed by atoms with Crippen LogP contribution in [0.25, 0.3) is 11.0 Å². The van der Waals surface area contributed by atoms with E-state index in [-0.39, 0.29) is 0 Å². The standard InChI is InChI=1S/C17H22N6/c1-13(23(2)11-14-6-4-3-5-7-14)8-9-18-16-15-10-21-22-17(15)20-12-19-16/h3-7,10,12-13H,8-9,11H2,1-2H3,(H2,18,19,20,21,22). The van der Waals surface area contributed by atoms with E-state index in [9.17, 15) is 0 Å². The summed E-state index contributed by atoms with van der Waals surface area (Å²) in [6, 6.07) is 11.0. The average Bonchev–Trinajstić information content (AvgIpc) is 3.05. The van der Waals surface area contributed by atoms with Gasteiger partial charge in [-0.3, -0.25) is 10.00 Å². The molecule has 0 spiro atoms. The molecule has 1 atom stereocenters. The molecule has 0 fully saturated rings. The predicted octanol–water partition coefficient (Wildman–Crippen LogP) is 2.68. The molecule has 0 aliphatic carbocycles. The van der Waals surface area contributed by atoms with Crippen molar-refractivity contribution in [3.63, 3.8) is 0 Å². The third-order valence-electron chi connectivity index (χ3n) is 4.13. The minimum atomic E-state index is 0.476. The van der Waals surface area contributed by atoms with E-state index in [1.54, 1.807) is 12.5 Å². The van der Waals surface area contributed by atoms with Crippen LogP contribution in [-0.4, -0.2) is 44.7 Å². The lowest BCUT2D eigenvalue weighted by atomic mass is 10.1. The fourth-order valence-corrected chi connectivity index (χ4v) is 2.55. The average molecular weight is 310 g/mol. The Hall–Kier alpha value is -2.47. The Bertz CT molecular complexity index is 739. The molecule has 6 nitrogen and oxygen atoms in total. The smallest absolute Gasteiger partial charge is 0.160 e. The molecule has 0 aliphatic rings. The van der Waals surface area contributed by atoms with Crippen LogP contribution in [0.3, 0.4) is 0 Å². The summed E-state index contributed by atoms with van der Waals surface area (Å²) in [5.41, 5.74) is 2.10. The monoisotopic (exact) mass is 310 g/mol. The van der Waals surface area contributed by atoms with Gasteiger partial charge in [0.1, 0.15) is 12.1 Å². The van der Waals surface area contributed by atoms with Crippen molar-refractivity contribution < 1.29 is 0 Å². The molecule has 120 valence electrons. The third-order valence-corrected chi connectivity index (χ3v) is 4.13. The number of aromatic nitrogens is 4. The van der Waals surface area contributed by atoms with Gasteiger partial charge in [-0.2, -0.15) is 5.10 Å². The van der Waals surface area contributed by atoms with Crippen molar-refractivity contribution in [1.82, 2.24) is 25.1 Å². The first-order chi connectivity index (χ1) is 11.2. The van der Waals surface area contributed by atoms with E-state index in [1.807, 2.05) is 0 Å². The zero-order valence-corrected chi connectivity index (χ0v) is 13.5. The van der Waals surface area contributed by atoms with Crippen molar-refractivity contribution in [2.45, 2.75) is 25.9 Å². The van der Waals surface area contributed by atoms with Gasteiger partial charge >= 0.3 is 0 Å². The van der Waals surface area contributed by atoms with Gasteiger partial charge in [-0.1, -0.05) is 30.3 Å². The lowest BCUT2D eigenvalue weighted by Gasteiger charge is -2.25. The summed E-state index contributed by atoms with van der Waals surface area (Å²) in [6.45, 7) is 4.07. The first kappa shape index (κ1) is 15.4. The van der Waals surface area contributed by atoms with Gasteiger partial charge in [0.15, 0.2) is 5.65 Å². The highest BCUT2D eigenvalue weighted by atomic mass is 15.2.